The average Bonchev–Trinajstić information content (AvgIpc) is 3.47. The topological polar surface area (TPSA) is 124 Å². The van der Waals surface area contributed by atoms with E-state index in [-0.39, 0.29) is 23.7 Å². The predicted octanol–water partition coefficient (Wildman–Crippen LogP) is 6.19. The Morgan fingerprint density at radius 1 is 1.00 bits per heavy atom. The smallest absolute Gasteiger partial charge is 0.252 e. The first-order chi connectivity index (χ1) is 20.3. The van der Waals surface area contributed by atoms with Gasteiger partial charge in [-0.2, -0.15) is 0 Å². The zero-order chi connectivity index (χ0) is 29.0. The van der Waals surface area contributed by atoms with Crippen LogP contribution in [0, 0.1) is 12.7 Å². The summed E-state index contributed by atoms with van der Waals surface area (Å²) in [6.45, 7) is 1.96. The van der Waals surface area contributed by atoms with Gasteiger partial charge in [-0.05, 0) is 84.5 Å². The first-order valence-electron chi connectivity index (χ1n) is 13.5. The van der Waals surface area contributed by atoms with E-state index in [4.69, 9.17) is 14.6 Å². The zero-order valence-electron chi connectivity index (χ0n) is 22.6. The molecule has 7 rings (SSSR count). The van der Waals surface area contributed by atoms with Gasteiger partial charge in [0.05, 0.1) is 11.8 Å². The second-order valence-electron chi connectivity index (χ2n) is 10.7. The maximum Gasteiger partial charge on any atom is 0.252 e. The molecular formula is C33H25FN4O4. The number of rotatable bonds is 7. The van der Waals surface area contributed by atoms with Crippen LogP contribution in [0.2, 0.25) is 0 Å². The summed E-state index contributed by atoms with van der Waals surface area (Å²) < 4.78 is 25.3. The van der Waals surface area contributed by atoms with Gasteiger partial charge >= 0.3 is 0 Å². The van der Waals surface area contributed by atoms with Gasteiger partial charge in [-0.3, -0.25) is 14.6 Å². The molecule has 42 heavy (non-hydrogen) atoms. The number of furan rings is 1. The van der Waals surface area contributed by atoms with Crippen molar-refractivity contribution in [2.75, 3.05) is 0 Å². The number of primary amides is 1. The monoisotopic (exact) mass is 560 g/mol. The average molecular weight is 561 g/mol. The van der Waals surface area contributed by atoms with E-state index in [9.17, 15) is 14.0 Å². The molecule has 0 unspecified atom stereocenters. The quantitative estimate of drug-likeness (QED) is 0.240. The summed E-state index contributed by atoms with van der Waals surface area (Å²) in [6.07, 6.45) is 5.01. The molecule has 9 heteroatoms. The third kappa shape index (κ3) is 4.49. The number of aromatic nitrogens is 2. The Bertz CT molecular complexity index is 1990. The number of carbonyl (C=O) groups is 2. The van der Waals surface area contributed by atoms with Gasteiger partial charge < -0.3 is 19.9 Å². The van der Waals surface area contributed by atoms with Gasteiger partial charge in [0.25, 0.3) is 11.8 Å². The number of nitrogens with one attached hydrogen (secondary N) is 1. The van der Waals surface area contributed by atoms with Gasteiger partial charge in [0.1, 0.15) is 28.2 Å². The van der Waals surface area contributed by atoms with Crippen LogP contribution in [0.3, 0.4) is 0 Å². The molecule has 1 aliphatic carbocycles. The maximum atomic E-state index is 13.4. The predicted molar refractivity (Wildman–Crippen MR) is 154 cm³/mol. The summed E-state index contributed by atoms with van der Waals surface area (Å²) in [5.74, 6) is -0.302. The van der Waals surface area contributed by atoms with E-state index in [0.717, 1.165) is 35.1 Å². The van der Waals surface area contributed by atoms with Crippen LogP contribution in [0.4, 0.5) is 4.39 Å². The minimum absolute atomic E-state index is 0.238. The van der Waals surface area contributed by atoms with Crippen molar-refractivity contribution >= 4 is 33.9 Å². The number of aryl methyl sites for hydroxylation is 1. The number of nitrogens with two attached hydrogens (primary N) is 1. The van der Waals surface area contributed by atoms with Gasteiger partial charge in [0, 0.05) is 23.6 Å². The van der Waals surface area contributed by atoms with Gasteiger partial charge in [-0.25, -0.2) is 9.37 Å². The molecule has 3 aromatic carbocycles. The Hall–Kier alpha value is -5.31. The van der Waals surface area contributed by atoms with E-state index >= 15 is 0 Å². The summed E-state index contributed by atoms with van der Waals surface area (Å²) in [5, 5.41) is 3.71. The molecule has 1 saturated carbocycles. The molecule has 1 aliphatic rings. The van der Waals surface area contributed by atoms with Crippen LogP contribution in [0.5, 0.6) is 0 Å². The lowest BCUT2D eigenvalue weighted by atomic mass is 9.95. The molecule has 0 spiro atoms. The Morgan fingerprint density at radius 3 is 2.55 bits per heavy atom. The van der Waals surface area contributed by atoms with Gasteiger partial charge in [0.15, 0.2) is 5.58 Å². The number of pyridine rings is 1. The van der Waals surface area contributed by atoms with Crippen molar-refractivity contribution in [2.45, 2.75) is 31.7 Å². The van der Waals surface area contributed by atoms with Crippen molar-refractivity contribution < 1.29 is 22.8 Å². The molecular weight excluding hydrogens is 535 g/mol. The number of fused-ring (bicyclic) bond motifs is 2. The van der Waals surface area contributed by atoms with Crippen LogP contribution in [-0.4, -0.2) is 21.8 Å². The van der Waals surface area contributed by atoms with Crippen LogP contribution in [0.1, 0.15) is 56.3 Å². The van der Waals surface area contributed by atoms with Crippen molar-refractivity contribution in [1.29, 1.82) is 0 Å². The van der Waals surface area contributed by atoms with Crippen LogP contribution in [-0.2, 0) is 12.0 Å². The SMILES string of the molecule is Cc1ccc(C(=O)NC2(c3nc4ccncc4o3)CC2)cc1-c1ccc2oc(Cc3ccc(F)cc3)c(C(N)=O)c2c1. The third-order valence-corrected chi connectivity index (χ3v) is 7.80. The highest BCUT2D eigenvalue weighted by Gasteiger charge is 2.50. The normalized spacial score (nSPS) is 13.9. The molecule has 0 radical (unpaired) electrons. The minimum Gasteiger partial charge on any atom is -0.460 e. The molecule has 208 valence electrons. The Labute approximate surface area is 239 Å². The fourth-order valence-electron chi connectivity index (χ4n) is 5.36. The molecule has 3 aromatic heterocycles. The molecule has 0 saturated heterocycles. The molecule has 0 bridgehead atoms. The highest BCUT2D eigenvalue weighted by molar-refractivity contribution is 6.07. The number of carbonyl (C=O) groups excluding carboxylic acids is 2. The highest BCUT2D eigenvalue weighted by atomic mass is 19.1. The van der Waals surface area contributed by atoms with E-state index in [1.54, 1.807) is 42.7 Å². The number of oxazole rings is 1. The summed E-state index contributed by atoms with van der Waals surface area (Å²) in [7, 11) is 0. The molecule has 6 aromatic rings. The first kappa shape index (κ1) is 25.6. The maximum absolute atomic E-state index is 13.4. The highest BCUT2D eigenvalue weighted by Crippen LogP contribution is 2.46. The second-order valence-corrected chi connectivity index (χ2v) is 10.7. The minimum atomic E-state index is -0.645. The van der Waals surface area contributed by atoms with E-state index in [0.29, 0.717) is 39.3 Å². The molecule has 0 atom stereocenters. The lowest BCUT2D eigenvalue weighted by Crippen LogP contribution is -2.35. The third-order valence-electron chi connectivity index (χ3n) is 7.80. The van der Waals surface area contributed by atoms with Gasteiger partial charge in [-0.1, -0.05) is 24.3 Å². The summed E-state index contributed by atoms with van der Waals surface area (Å²) >= 11 is 0. The van der Waals surface area contributed by atoms with Crippen molar-refractivity contribution in [1.82, 2.24) is 15.3 Å². The first-order valence-corrected chi connectivity index (χ1v) is 13.5. The lowest BCUT2D eigenvalue weighted by Gasteiger charge is -2.15. The van der Waals surface area contributed by atoms with E-state index in [1.165, 1.54) is 12.1 Å². The van der Waals surface area contributed by atoms with Gasteiger partial charge in [0.2, 0.25) is 5.89 Å². The largest absolute Gasteiger partial charge is 0.460 e. The molecule has 8 nitrogen and oxygen atoms in total. The molecule has 2 amide bonds. The Balaban J connectivity index is 1.20. The number of hydrogen-bond acceptors (Lipinski definition) is 6. The molecule has 0 aliphatic heterocycles. The number of amides is 2. The van der Waals surface area contributed by atoms with Crippen LogP contribution in [0.15, 0.2) is 88.0 Å². The van der Waals surface area contributed by atoms with Crippen molar-refractivity contribution in [3.05, 3.63) is 119 Å². The second kappa shape index (κ2) is 9.66. The van der Waals surface area contributed by atoms with Crippen LogP contribution < -0.4 is 11.1 Å². The fourth-order valence-corrected chi connectivity index (χ4v) is 5.36. The molecule has 3 N–H and O–H groups in total. The Morgan fingerprint density at radius 2 is 1.81 bits per heavy atom. The lowest BCUT2D eigenvalue weighted by molar-refractivity contribution is 0.0922. The number of halogens is 1. The standard InChI is InChI=1S/C33H25FN4O4/c1-18-2-5-21(31(40)38-33(11-12-33)32-37-25-10-13-36-17-28(25)42-32)16-23(18)20-6-9-26-24(15-20)29(30(35)39)27(41-26)14-19-3-7-22(34)8-4-19/h2-10,13,15-17H,11-12,14H2,1H3,(H2,35,39)(H,38,40). The van der Waals surface area contributed by atoms with Crippen molar-refractivity contribution in [3.8, 4) is 11.1 Å². The van der Waals surface area contributed by atoms with Crippen molar-refractivity contribution in [3.63, 3.8) is 0 Å². The number of benzene rings is 3. The van der Waals surface area contributed by atoms with E-state index < -0.39 is 11.4 Å². The summed E-state index contributed by atoms with van der Waals surface area (Å²) in [5.41, 5.74) is 11.1. The van der Waals surface area contributed by atoms with Crippen LogP contribution >= 0.6 is 0 Å². The summed E-state index contributed by atoms with van der Waals surface area (Å²) in [6, 6.07) is 18.8. The summed E-state index contributed by atoms with van der Waals surface area (Å²) in [4.78, 5) is 34.6. The van der Waals surface area contributed by atoms with E-state index in [2.05, 4.69) is 15.3 Å². The fraction of sp³-hybridized carbons (Fsp3) is 0.152. The number of nitrogens with zero attached hydrogens (tertiary/aromatic N) is 2. The Kier molecular flexibility index (Phi) is 5.90. The van der Waals surface area contributed by atoms with Gasteiger partial charge in [-0.15, -0.1) is 0 Å². The number of hydrogen-bond donors (Lipinski definition) is 2. The molecule has 1 fully saturated rings. The van der Waals surface area contributed by atoms with Crippen LogP contribution in [0.25, 0.3) is 33.2 Å². The van der Waals surface area contributed by atoms with E-state index in [1.807, 2.05) is 31.2 Å². The van der Waals surface area contributed by atoms with Crippen molar-refractivity contribution in [2.24, 2.45) is 5.73 Å². The zero-order valence-corrected chi connectivity index (χ0v) is 22.6. The molecule has 3 heterocycles.